The second-order valence-corrected chi connectivity index (χ2v) is 6.55. The van der Waals surface area contributed by atoms with E-state index in [4.69, 9.17) is 14.2 Å². The van der Waals surface area contributed by atoms with Crippen LogP contribution in [-0.2, 0) is 9.53 Å². The number of ketones is 2. The minimum Gasteiger partial charge on any atom is -0.493 e. The van der Waals surface area contributed by atoms with Crippen LogP contribution in [0.15, 0.2) is 30.3 Å². The molecule has 2 rings (SSSR count). The van der Waals surface area contributed by atoms with Gasteiger partial charge >= 0.3 is 5.97 Å². The van der Waals surface area contributed by atoms with Gasteiger partial charge in [-0.25, -0.2) is 4.79 Å². The van der Waals surface area contributed by atoms with Gasteiger partial charge in [-0.3, -0.25) is 9.59 Å². The predicted octanol–water partition coefficient (Wildman–Crippen LogP) is 3.63. The van der Waals surface area contributed by atoms with Crippen LogP contribution in [0.5, 0.6) is 11.5 Å². The first-order valence-electron chi connectivity index (χ1n) is 8.81. The first kappa shape index (κ1) is 21.2. The molecule has 0 N–H and O–H groups in total. The lowest BCUT2D eigenvalue weighted by Gasteiger charge is -2.12. The molecule has 0 bridgehead atoms. The first-order chi connectivity index (χ1) is 13.2. The minimum atomic E-state index is -0.674. The van der Waals surface area contributed by atoms with Crippen LogP contribution in [0.3, 0.4) is 0 Å². The highest BCUT2D eigenvalue weighted by Crippen LogP contribution is 2.28. The molecule has 148 valence electrons. The number of aryl methyl sites for hydroxylation is 3. The number of rotatable bonds is 8. The Morgan fingerprint density at radius 3 is 2.18 bits per heavy atom. The zero-order chi connectivity index (χ0) is 20.8. The molecule has 0 fully saturated rings. The smallest absolute Gasteiger partial charge is 0.344 e. The monoisotopic (exact) mass is 384 g/mol. The second-order valence-electron chi connectivity index (χ2n) is 6.55. The van der Waals surface area contributed by atoms with E-state index in [-0.39, 0.29) is 24.8 Å². The lowest BCUT2D eigenvalue weighted by atomic mass is 9.98. The van der Waals surface area contributed by atoms with Gasteiger partial charge in [-0.05, 0) is 68.7 Å². The Morgan fingerprint density at radius 2 is 1.54 bits per heavy atom. The number of benzene rings is 2. The number of ether oxygens (including phenoxy) is 3. The largest absolute Gasteiger partial charge is 0.493 e. The van der Waals surface area contributed by atoms with Crippen molar-refractivity contribution in [2.24, 2.45) is 0 Å². The molecule has 0 heterocycles. The third-order valence-corrected chi connectivity index (χ3v) is 4.42. The summed E-state index contributed by atoms with van der Waals surface area (Å²) in [6.45, 7) is 6.46. The summed E-state index contributed by atoms with van der Waals surface area (Å²) in [6, 6.07) is 8.41. The summed E-state index contributed by atoms with van der Waals surface area (Å²) in [4.78, 5) is 35.7. The van der Waals surface area contributed by atoms with Gasteiger partial charge in [-0.15, -0.1) is 0 Å². The molecule has 28 heavy (non-hydrogen) atoms. The Labute approximate surface area is 164 Å². The van der Waals surface area contributed by atoms with Crippen LogP contribution in [-0.4, -0.2) is 37.9 Å². The average molecular weight is 384 g/mol. The van der Waals surface area contributed by atoms with E-state index in [0.717, 1.165) is 16.7 Å². The number of carbonyl (C=O) groups excluding carboxylic acids is 3. The van der Waals surface area contributed by atoms with Crippen molar-refractivity contribution < 1.29 is 28.6 Å². The molecule has 2 aromatic rings. The molecule has 0 spiro atoms. The Kier molecular flexibility index (Phi) is 6.93. The summed E-state index contributed by atoms with van der Waals surface area (Å²) in [5, 5.41) is 0. The Morgan fingerprint density at radius 1 is 0.857 bits per heavy atom. The number of hydrogen-bond acceptors (Lipinski definition) is 6. The van der Waals surface area contributed by atoms with Crippen molar-refractivity contribution in [2.45, 2.75) is 27.7 Å². The van der Waals surface area contributed by atoms with Crippen LogP contribution in [0.25, 0.3) is 0 Å². The van der Waals surface area contributed by atoms with Crippen LogP contribution in [0.1, 0.15) is 44.3 Å². The SMILES string of the molecule is COc1cc(C(C)=O)ccc1OCC(=O)OCC(=O)c1cc(C)c(C)cc1C. The fourth-order valence-electron chi connectivity index (χ4n) is 2.67. The van der Waals surface area contributed by atoms with Gasteiger partial charge in [0.15, 0.2) is 30.5 Å². The normalized spacial score (nSPS) is 10.3. The van der Waals surface area contributed by atoms with Gasteiger partial charge in [0.1, 0.15) is 0 Å². The van der Waals surface area contributed by atoms with E-state index in [1.807, 2.05) is 26.8 Å². The van der Waals surface area contributed by atoms with E-state index in [9.17, 15) is 14.4 Å². The summed E-state index contributed by atoms with van der Waals surface area (Å²) in [5.74, 6) is -0.405. The van der Waals surface area contributed by atoms with Gasteiger partial charge in [-0.1, -0.05) is 6.07 Å². The van der Waals surface area contributed by atoms with Crippen LogP contribution >= 0.6 is 0 Å². The van der Waals surface area contributed by atoms with E-state index in [1.54, 1.807) is 18.2 Å². The van der Waals surface area contributed by atoms with Crippen molar-refractivity contribution in [2.75, 3.05) is 20.3 Å². The van der Waals surface area contributed by atoms with Crippen LogP contribution in [0, 0.1) is 20.8 Å². The van der Waals surface area contributed by atoms with Gasteiger partial charge in [0.05, 0.1) is 7.11 Å². The summed E-state index contributed by atoms with van der Waals surface area (Å²) in [7, 11) is 1.44. The third-order valence-electron chi connectivity index (χ3n) is 4.42. The zero-order valence-corrected chi connectivity index (χ0v) is 16.8. The molecular formula is C22H24O6. The number of carbonyl (C=O) groups is 3. The molecule has 6 nitrogen and oxygen atoms in total. The maximum absolute atomic E-state index is 12.3. The van der Waals surface area contributed by atoms with Crippen molar-refractivity contribution in [1.29, 1.82) is 0 Å². The summed E-state index contributed by atoms with van der Waals surface area (Å²) in [5.41, 5.74) is 3.96. The topological polar surface area (TPSA) is 78.9 Å². The molecule has 0 atom stereocenters. The predicted molar refractivity (Wildman–Crippen MR) is 104 cm³/mol. The fourth-order valence-corrected chi connectivity index (χ4v) is 2.67. The van der Waals surface area contributed by atoms with Crippen molar-refractivity contribution >= 4 is 17.5 Å². The lowest BCUT2D eigenvalue weighted by molar-refractivity contribution is -0.144. The zero-order valence-electron chi connectivity index (χ0n) is 16.8. The van der Waals surface area contributed by atoms with E-state index in [0.29, 0.717) is 22.6 Å². The molecule has 0 aliphatic heterocycles. The van der Waals surface area contributed by atoms with E-state index in [1.165, 1.54) is 20.1 Å². The number of hydrogen-bond donors (Lipinski definition) is 0. The highest BCUT2D eigenvalue weighted by molar-refractivity contribution is 5.99. The lowest BCUT2D eigenvalue weighted by Crippen LogP contribution is -2.20. The Hall–Kier alpha value is -3.15. The fraction of sp³-hybridized carbons (Fsp3) is 0.318. The molecule has 0 saturated heterocycles. The quantitative estimate of drug-likeness (QED) is 0.511. The summed E-state index contributed by atoms with van der Waals surface area (Å²) in [6.07, 6.45) is 0. The Balaban J connectivity index is 1.94. The summed E-state index contributed by atoms with van der Waals surface area (Å²) < 4.78 is 15.6. The molecule has 0 aromatic heterocycles. The molecule has 6 heteroatoms. The van der Waals surface area contributed by atoms with Crippen LogP contribution in [0.4, 0.5) is 0 Å². The molecular weight excluding hydrogens is 360 g/mol. The minimum absolute atomic E-state index is 0.107. The molecule has 0 aliphatic carbocycles. The van der Waals surface area contributed by atoms with Crippen molar-refractivity contribution in [1.82, 2.24) is 0 Å². The van der Waals surface area contributed by atoms with E-state index >= 15 is 0 Å². The first-order valence-corrected chi connectivity index (χ1v) is 8.81. The number of Topliss-reactive ketones (excluding diaryl/α,β-unsaturated/α-hetero) is 2. The molecule has 0 amide bonds. The van der Waals surface area contributed by atoms with E-state index in [2.05, 4.69) is 0 Å². The average Bonchev–Trinajstić information content (AvgIpc) is 2.66. The molecule has 0 aliphatic rings. The van der Waals surface area contributed by atoms with Crippen molar-refractivity contribution in [3.63, 3.8) is 0 Å². The summed E-state index contributed by atoms with van der Waals surface area (Å²) >= 11 is 0. The standard InChI is InChI=1S/C22H24O6/c1-13-8-15(3)18(9-14(13)2)19(24)11-28-22(25)12-27-20-7-6-17(16(4)23)10-21(20)26-5/h6-10H,11-12H2,1-5H3. The molecule has 0 saturated carbocycles. The van der Waals surface area contributed by atoms with Gasteiger partial charge < -0.3 is 14.2 Å². The molecule has 0 unspecified atom stereocenters. The number of esters is 1. The van der Waals surface area contributed by atoms with E-state index < -0.39 is 5.97 Å². The molecule has 2 aromatic carbocycles. The van der Waals surface area contributed by atoms with Gasteiger partial charge in [-0.2, -0.15) is 0 Å². The Bertz CT molecular complexity index is 913. The van der Waals surface area contributed by atoms with Gasteiger partial charge in [0.25, 0.3) is 0 Å². The maximum atomic E-state index is 12.3. The third kappa shape index (κ3) is 5.19. The van der Waals surface area contributed by atoms with Crippen LogP contribution < -0.4 is 9.47 Å². The highest BCUT2D eigenvalue weighted by Gasteiger charge is 2.15. The maximum Gasteiger partial charge on any atom is 0.344 e. The molecule has 0 radical (unpaired) electrons. The van der Waals surface area contributed by atoms with Gasteiger partial charge in [0, 0.05) is 11.1 Å². The van der Waals surface area contributed by atoms with Crippen molar-refractivity contribution in [3.05, 3.63) is 58.1 Å². The van der Waals surface area contributed by atoms with Crippen molar-refractivity contribution in [3.8, 4) is 11.5 Å². The number of methoxy groups -OCH3 is 1. The second kappa shape index (κ2) is 9.17. The van der Waals surface area contributed by atoms with Gasteiger partial charge in [0.2, 0.25) is 5.78 Å². The van der Waals surface area contributed by atoms with Crippen LogP contribution in [0.2, 0.25) is 0 Å². The highest BCUT2D eigenvalue weighted by atomic mass is 16.6.